The number of methoxy groups -OCH3 is 2. The first-order chi connectivity index (χ1) is 23.7. The second-order valence-electron chi connectivity index (χ2n) is 14.1. The van der Waals surface area contributed by atoms with Gasteiger partial charge in [0.1, 0.15) is 12.0 Å². The summed E-state index contributed by atoms with van der Waals surface area (Å²) in [4.78, 5) is 45.1. The monoisotopic (exact) mass is 675 g/mol. The molecule has 1 spiro atoms. The highest BCUT2D eigenvalue weighted by molar-refractivity contribution is 5.93. The Morgan fingerprint density at radius 2 is 1.84 bits per heavy atom. The molecule has 2 aliphatic carbocycles. The van der Waals surface area contributed by atoms with E-state index in [4.69, 9.17) is 28.9 Å². The quantitative estimate of drug-likeness (QED) is 0.340. The summed E-state index contributed by atoms with van der Waals surface area (Å²) >= 11 is 0. The molecule has 8 atom stereocenters. The maximum atomic E-state index is 12.3. The van der Waals surface area contributed by atoms with Gasteiger partial charge in [0.15, 0.2) is 17.6 Å². The summed E-state index contributed by atoms with van der Waals surface area (Å²) in [5.41, 5.74) is 3.86. The van der Waals surface area contributed by atoms with E-state index in [0.717, 1.165) is 62.3 Å². The van der Waals surface area contributed by atoms with Crippen LogP contribution in [0, 0.1) is 11.8 Å². The van der Waals surface area contributed by atoms with Crippen molar-refractivity contribution in [2.24, 2.45) is 17.0 Å². The van der Waals surface area contributed by atoms with Crippen LogP contribution in [0.2, 0.25) is 0 Å². The number of hydrogen-bond donors (Lipinski definition) is 1. The van der Waals surface area contributed by atoms with Crippen LogP contribution in [0.15, 0.2) is 47.6 Å². The van der Waals surface area contributed by atoms with E-state index >= 15 is 0 Å². The van der Waals surface area contributed by atoms with E-state index in [9.17, 15) is 14.4 Å². The number of ether oxygens (including phenoxy) is 4. The number of hydrogen-bond acceptors (Lipinski definition) is 11. The zero-order valence-electron chi connectivity index (χ0n) is 28.5. The molecule has 0 aromatic heterocycles. The van der Waals surface area contributed by atoms with E-state index < -0.39 is 24.6 Å². The predicted octanol–water partition coefficient (Wildman–Crippen LogP) is 3.69. The van der Waals surface area contributed by atoms with Crippen LogP contribution in [0.1, 0.15) is 60.0 Å². The minimum Gasteiger partial charge on any atom is -0.493 e. The number of aliphatic carboxylic acids is 1. The van der Waals surface area contributed by atoms with Crippen molar-refractivity contribution in [2.75, 3.05) is 41.5 Å². The smallest absolute Gasteiger partial charge is 0.344 e. The molecule has 8 rings (SSSR count). The topological polar surface area (TPSA) is 136 Å². The van der Waals surface area contributed by atoms with Gasteiger partial charge < -0.3 is 33.8 Å². The van der Waals surface area contributed by atoms with Crippen molar-refractivity contribution in [1.29, 1.82) is 0 Å². The highest BCUT2D eigenvalue weighted by Crippen LogP contribution is 2.63. The fourth-order valence-electron chi connectivity index (χ4n) is 9.72. The Bertz CT molecular complexity index is 1630. The van der Waals surface area contributed by atoms with Gasteiger partial charge in [0.25, 0.3) is 0 Å². The third kappa shape index (κ3) is 5.62. The van der Waals surface area contributed by atoms with Crippen molar-refractivity contribution in [2.45, 2.75) is 80.7 Å². The number of carbonyl (C=O) groups excluding carboxylic acids is 2. The number of rotatable bonds is 7. The van der Waals surface area contributed by atoms with Crippen molar-refractivity contribution in [1.82, 2.24) is 9.80 Å². The molecule has 4 heterocycles. The molecule has 262 valence electrons. The van der Waals surface area contributed by atoms with Crippen LogP contribution in [0.5, 0.6) is 11.5 Å². The number of likely N-dealkylation sites (tertiary alicyclic amines) is 1. The van der Waals surface area contributed by atoms with E-state index in [0.29, 0.717) is 30.0 Å². The largest absolute Gasteiger partial charge is 0.493 e. The Hall–Kier alpha value is -4.16. The molecule has 49 heavy (non-hydrogen) atoms. The second kappa shape index (κ2) is 13.3. The van der Waals surface area contributed by atoms with Gasteiger partial charge in [-0.2, -0.15) is 0 Å². The minimum absolute atomic E-state index is 0.0970. The summed E-state index contributed by atoms with van der Waals surface area (Å²) in [6, 6.07) is 14.0. The number of fused-ring (bicyclic) bond motifs is 2. The predicted molar refractivity (Wildman–Crippen MR) is 178 cm³/mol. The van der Waals surface area contributed by atoms with E-state index in [-0.39, 0.29) is 29.5 Å². The molecule has 4 aliphatic heterocycles. The Balaban J connectivity index is 0.000000158. The summed E-state index contributed by atoms with van der Waals surface area (Å²) in [6.07, 6.45) is 5.88. The molecular formula is C37H45N3O9. The lowest BCUT2D eigenvalue weighted by Crippen LogP contribution is -2.65. The van der Waals surface area contributed by atoms with Crippen LogP contribution >= 0.6 is 0 Å². The lowest BCUT2D eigenvalue weighted by atomic mass is 9.51. The SMILES string of the molecule is COC(=O)[C@H]1[C@@H](OC(=O)c2ccccc2)C[C@@H]2CC[C@H]1N2C.COc1ccc2c3c1O[C@H]1/C(=N/OCC(=O)O)CC[C@H]4[C@@H](C2)N(C)CC[C@]314. The third-order valence-corrected chi connectivity index (χ3v) is 11.9. The molecule has 0 amide bonds. The molecule has 2 aromatic carbocycles. The number of piperidine rings is 2. The van der Waals surface area contributed by atoms with Gasteiger partial charge in [0, 0.05) is 35.5 Å². The van der Waals surface area contributed by atoms with Gasteiger partial charge in [0.05, 0.1) is 25.5 Å². The standard InChI is InChI=1S/C20H24N2O5.C17H21NO4/c1-22-8-7-20-12-4-5-13(21-26-10-16(23)24)19(20)27-18-15(25-2)6-3-11(17(18)20)9-14(12)22;1-18-12-8-9-13(18)15(17(20)21-2)14(10-12)22-16(19)11-6-4-3-5-7-11/h3,6,12,14,19H,4-5,7-10H2,1-2H3,(H,23,24);3-7,12-15H,8-10H2,1-2H3/b21-13+;/t12-,14+,19-,20-;12-,13+,14-,15+/m00/s1. The first-order valence-corrected chi connectivity index (χ1v) is 17.2. The van der Waals surface area contributed by atoms with Crippen LogP contribution in [-0.4, -0.2) is 110 Å². The molecule has 4 fully saturated rings. The van der Waals surface area contributed by atoms with E-state index in [1.54, 1.807) is 31.4 Å². The Morgan fingerprint density at radius 3 is 2.57 bits per heavy atom. The molecule has 12 heteroatoms. The number of carboxylic acids is 1. The Morgan fingerprint density at radius 1 is 1.04 bits per heavy atom. The van der Waals surface area contributed by atoms with Gasteiger partial charge in [-0.25, -0.2) is 9.59 Å². The minimum atomic E-state index is -1.03. The summed E-state index contributed by atoms with van der Waals surface area (Å²) in [6.45, 7) is 0.583. The fourth-order valence-corrected chi connectivity index (χ4v) is 9.72. The average molecular weight is 676 g/mol. The second-order valence-corrected chi connectivity index (χ2v) is 14.1. The van der Waals surface area contributed by atoms with Crippen molar-refractivity contribution in [3.63, 3.8) is 0 Å². The highest BCUT2D eigenvalue weighted by atomic mass is 16.6. The molecule has 2 aromatic rings. The molecule has 4 bridgehead atoms. The molecule has 12 nitrogen and oxygen atoms in total. The number of carbonyl (C=O) groups is 3. The number of benzene rings is 2. The maximum absolute atomic E-state index is 12.3. The summed E-state index contributed by atoms with van der Waals surface area (Å²) in [7, 11) is 7.31. The molecule has 6 aliphatic rings. The lowest BCUT2D eigenvalue weighted by molar-refractivity contribution is -0.156. The summed E-state index contributed by atoms with van der Waals surface area (Å²) in [5.74, 6) is 0.0246. The van der Waals surface area contributed by atoms with Gasteiger partial charge in [-0.3, -0.25) is 9.69 Å². The van der Waals surface area contributed by atoms with Crippen molar-refractivity contribution < 1.29 is 43.3 Å². The molecule has 0 radical (unpaired) electrons. The van der Waals surface area contributed by atoms with E-state index in [1.165, 1.54) is 18.2 Å². The van der Waals surface area contributed by atoms with Gasteiger partial charge in [-0.1, -0.05) is 29.4 Å². The van der Waals surface area contributed by atoms with Crippen LogP contribution in [0.4, 0.5) is 0 Å². The normalized spacial score (nSPS) is 33.0. The molecular weight excluding hydrogens is 630 g/mol. The summed E-state index contributed by atoms with van der Waals surface area (Å²) < 4.78 is 22.7. The Labute approximate surface area is 286 Å². The van der Waals surface area contributed by atoms with E-state index in [1.807, 2.05) is 19.2 Å². The number of oxime groups is 1. The van der Waals surface area contributed by atoms with Gasteiger partial charge in [-0.15, -0.1) is 0 Å². The van der Waals surface area contributed by atoms with Crippen molar-refractivity contribution >= 4 is 23.6 Å². The van der Waals surface area contributed by atoms with Crippen molar-refractivity contribution in [3.05, 3.63) is 59.2 Å². The fraction of sp³-hybridized carbons (Fsp3) is 0.568. The van der Waals surface area contributed by atoms with Gasteiger partial charge in [-0.05, 0) is 88.8 Å². The molecule has 3 saturated heterocycles. The maximum Gasteiger partial charge on any atom is 0.344 e. The van der Waals surface area contributed by atoms with Crippen LogP contribution < -0.4 is 9.47 Å². The summed E-state index contributed by atoms with van der Waals surface area (Å²) in [5, 5.41) is 13.1. The van der Waals surface area contributed by atoms with Crippen LogP contribution in [-0.2, 0) is 35.7 Å². The lowest BCUT2D eigenvalue weighted by Gasteiger charge is -2.57. The molecule has 0 unspecified atom stereocenters. The molecule has 1 saturated carbocycles. The third-order valence-electron chi connectivity index (χ3n) is 11.9. The zero-order valence-corrected chi connectivity index (χ0v) is 28.5. The van der Waals surface area contributed by atoms with Crippen molar-refractivity contribution in [3.8, 4) is 11.5 Å². The highest BCUT2D eigenvalue weighted by Gasteiger charge is 2.65. The first kappa shape index (κ1) is 33.3. The van der Waals surface area contributed by atoms with E-state index in [2.05, 4.69) is 28.1 Å². The van der Waals surface area contributed by atoms with Gasteiger partial charge in [0.2, 0.25) is 6.61 Å². The van der Waals surface area contributed by atoms with Gasteiger partial charge >= 0.3 is 17.9 Å². The Kier molecular flexibility index (Phi) is 9.04. The van der Waals surface area contributed by atoms with Crippen LogP contribution in [0.25, 0.3) is 0 Å². The number of likely N-dealkylation sites (N-methyl/N-ethyl adjacent to an activating group) is 1. The number of nitrogens with zero attached hydrogens (tertiary/aromatic N) is 3. The average Bonchev–Trinajstić information content (AvgIpc) is 3.57. The number of carboxylic acid groups (broad SMARTS) is 1. The number of esters is 2. The molecule has 1 N–H and O–H groups in total. The van der Waals surface area contributed by atoms with Crippen LogP contribution in [0.3, 0.4) is 0 Å². The first-order valence-electron chi connectivity index (χ1n) is 17.2. The zero-order chi connectivity index (χ0) is 34.4.